The average molecular weight is 507 g/mol. The lowest BCUT2D eigenvalue weighted by molar-refractivity contribution is -0.645. The number of nitrogens with one attached hydrogen (secondary N) is 1. The molecule has 1 N–H and O–H groups in total. The monoisotopic (exact) mass is 506 g/mol. The fourth-order valence-corrected chi connectivity index (χ4v) is 5.87. The molecular formula is C31H42N2O2S. The molecule has 0 aliphatic carbocycles. The molecule has 0 aliphatic heterocycles. The zero-order valence-electron chi connectivity index (χ0n) is 24.1. The Labute approximate surface area is 222 Å². The van der Waals surface area contributed by atoms with Gasteiger partial charge in [-0.1, -0.05) is 13.8 Å². The van der Waals surface area contributed by atoms with Gasteiger partial charge in [-0.25, -0.2) is 0 Å². The summed E-state index contributed by atoms with van der Waals surface area (Å²) in [5.74, 6) is -0.114. The van der Waals surface area contributed by atoms with E-state index < -0.39 is 5.25 Å². The predicted molar refractivity (Wildman–Crippen MR) is 154 cm³/mol. The van der Waals surface area contributed by atoms with E-state index in [0.29, 0.717) is 5.03 Å². The highest BCUT2D eigenvalue weighted by Crippen LogP contribution is 2.41. The first-order chi connectivity index (χ1) is 16.9. The molecule has 1 atom stereocenters. The molecule has 0 radical (unpaired) electrons. The maximum absolute atomic E-state index is 14.0. The molecule has 0 fully saturated rings. The molecule has 2 aromatic carbocycles. The lowest BCUT2D eigenvalue weighted by atomic mass is 9.87. The van der Waals surface area contributed by atoms with Crippen LogP contribution < -0.4 is 10.0 Å². The summed E-state index contributed by atoms with van der Waals surface area (Å²) in [6.45, 7) is 25.0. The molecule has 0 aliphatic rings. The average Bonchev–Trinajstić information content (AvgIpc) is 2.88. The molecular weight excluding hydrogens is 464 g/mol. The van der Waals surface area contributed by atoms with Crippen molar-refractivity contribution in [3.63, 3.8) is 0 Å². The molecule has 1 aromatic heterocycles. The van der Waals surface area contributed by atoms with Crippen LogP contribution in [0.2, 0.25) is 0 Å². The SMILES string of the molecule is CC.Cc1c(C)c(C)c(NC(=O)C(Sc2cccc[n+]2[O-])c2c(C)c(C)c(C)c(C)c2C)c(C)c1C. The minimum Gasteiger partial charge on any atom is -0.618 e. The highest BCUT2D eigenvalue weighted by atomic mass is 32.2. The van der Waals surface area contributed by atoms with Gasteiger partial charge in [0.15, 0.2) is 6.20 Å². The number of amides is 1. The van der Waals surface area contributed by atoms with Crippen molar-refractivity contribution in [1.29, 1.82) is 0 Å². The van der Waals surface area contributed by atoms with Crippen molar-refractivity contribution in [2.45, 2.75) is 93.4 Å². The van der Waals surface area contributed by atoms with Crippen LogP contribution in [-0.4, -0.2) is 5.91 Å². The summed E-state index contributed by atoms with van der Waals surface area (Å²) in [5, 5.41) is 15.7. The van der Waals surface area contributed by atoms with Crippen LogP contribution in [0, 0.1) is 74.4 Å². The number of carbonyl (C=O) groups excluding carboxylic acids is 1. The van der Waals surface area contributed by atoms with E-state index in [-0.39, 0.29) is 5.91 Å². The van der Waals surface area contributed by atoms with Crippen LogP contribution >= 0.6 is 11.8 Å². The van der Waals surface area contributed by atoms with Gasteiger partial charge in [-0.05, 0) is 148 Å². The van der Waals surface area contributed by atoms with Crippen molar-refractivity contribution < 1.29 is 9.52 Å². The van der Waals surface area contributed by atoms with Crippen molar-refractivity contribution in [2.75, 3.05) is 5.32 Å². The van der Waals surface area contributed by atoms with Crippen LogP contribution in [0.5, 0.6) is 0 Å². The molecule has 3 aromatic rings. The quantitative estimate of drug-likeness (QED) is 0.217. The smallest absolute Gasteiger partial charge is 0.252 e. The van der Waals surface area contributed by atoms with Crippen molar-refractivity contribution in [1.82, 2.24) is 0 Å². The van der Waals surface area contributed by atoms with Gasteiger partial charge in [-0.2, -0.15) is 4.73 Å². The zero-order chi connectivity index (χ0) is 27.5. The molecule has 1 unspecified atom stereocenters. The molecule has 4 nitrogen and oxygen atoms in total. The van der Waals surface area contributed by atoms with Crippen molar-refractivity contribution in [3.05, 3.63) is 90.8 Å². The molecule has 36 heavy (non-hydrogen) atoms. The number of aromatic nitrogens is 1. The minimum atomic E-state index is -0.568. The number of hydrogen-bond acceptors (Lipinski definition) is 3. The number of nitrogens with zero attached hydrogens (tertiary/aromatic N) is 1. The zero-order valence-corrected chi connectivity index (χ0v) is 24.9. The van der Waals surface area contributed by atoms with Crippen LogP contribution in [0.15, 0.2) is 29.4 Å². The highest BCUT2D eigenvalue weighted by molar-refractivity contribution is 8.00. The van der Waals surface area contributed by atoms with E-state index in [9.17, 15) is 10.0 Å². The third kappa shape index (κ3) is 5.46. The Bertz CT molecular complexity index is 1240. The van der Waals surface area contributed by atoms with Crippen LogP contribution in [-0.2, 0) is 4.79 Å². The Hall–Kier alpha value is -2.79. The summed E-state index contributed by atoms with van der Waals surface area (Å²) >= 11 is 1.31. The summed E-state index contributed by atoms with van der Waals surface area (Å²) in [6, 6.07) is 5.30. The molecule has 1 heterocycles. The van der Waals surface area contributed by atoms with Crippen LogP contribution in [0.1, 0.15) is 80.3 Å². The van der Waals surface area contributed by atoms with Crippen LogP contribution in [0.3, 0.4) is 0 Å². The lowest BCUT2D eigenvalue weighted by Crippen LogP contribution is -2.30. The maximum atomic E-state index is 14.0. The Morgan fingerprint density at radius 3 is 1.58 bits per heavy atom. The number of rotatable bonds is 5. The van der Waals surface area contributed by atoms with E-state index in [1.807, 2.05) is 19.9 Å². The fraction of sp³-hybridized carbons (Fsp3) is 0.419. The molecule has 3 rings (SSSR count). The van der Waals surface area contributed by atoms with Crippen LogP contribution in [0.25, 0.3) is 0 Å². The number of thioether (sulfide) groups is 1. The van der Waals surface area contributed by atoms with Crippen molar-refractivity contribution in [3.8, 4) is 0 Å². The van der Waals surface area contributed by atoms with Crippen LogP contribution in [0.4, 0.5) is 5.69 Å². The van der Waals surface area contributed by atoms with E-state index in [1.165, 1.54) is 51.3 Å². The Balaban J connectivity index is 0.00000222. The first-order valence-corrected chi connectivity index (χ1v) is 13.6. The van der Waals surface area contributed by atoms with E-state index in [4.69, 9.17) is 0 Å². The minimum absolute atomic E-state index is 0.114. The standard InChI is InChI=1S/C29H36N2O2S.C2H6/c1-15-17(3)21(7)26(22(8)18(15)4)28(34-25-13-11-12-14-31(25)33)29(32)30-27-23(9)19(5)16(2)20(6)24(27)10;1-2/h11-14,28H,1-10H3,(H,30,32);1-2H3. The number of pyridine rings is 1. The van der Waals surface area contributed by atoms with Crippen molar-refractivity contribution in [2.24, 2.45) is 0 Å². The number of anilines is 1. The Morgan fingerprint density at radius 2 is 1.14 bits per heavy atom. The van der Waals surface area contributed by atoms with E-state index in [0.717, 1.165) is 38.2 Å². The Kier molecular flexibility index (Phi) is 9.78. The van der Waals surface area contributed by atoms with Gasteiger partial charge in [-0.3, -0.25) is 4.79 Å². The molecule has 1 amide bonds. The third-order valence-electron chi connectivity index (χ3n) is 7.83. The second kappa shape index (κ2) is 12.0. The second-order valence-corrected chi connectivity index (χ2v) is 10.5. The van der Waals surface area contributed by atoms with Gasteiger partial charge in [0, 0.05) is 17.8 Å². The van der Waals surface area contributed by atoms with Gasteiger partial charge in [-0.15, -0.1) is 0 Å². The van der Waals surface area contributed by atoms with Gasteiger partial charge in [0.2, 0.25) is 5.91 Å². The fourth-order valence-electron chi connectivity index (χ4n) is 4.67. The summed E-state index contributed by atoms with van der Waals surface area (Å²) in [4.78, 5) is 14.0. The largest absolute Gasteiger partial charge is 0.618 e. The van der Waals surface area contributed by atoms with Crippen molar-refractivity contribution >= 4 is 23.4 Å². The number of benzene rings is 2. The van der Waals surface area contributed by atoms with Gasteiger partial charge >= 0.3 is 0 Å². The normalized spacial score (nSPS) is 11.6. The maximum Gasteiger partial charge on any atom is 0.252 e. The van der Waals surface area contributed by atoms with Gasteiger partial charge in [0.05, 0.1) is 0 Å². The molecule has 0 bridgehead atoms. The molecule has 194 valence electrons. The third-order valence-corrected chi connectivity index (χ3v) is 9.08. The molecule has 0 saturated heterocycles. The highest BCUT2D eigenvalue weighted by Gasteiger charge is 2.31. The van der Waals surface area contributed by atoms with E-state index in [2.05, 4.69) is 74.6 Å². The number of carbonyl (C=O) groups is 1. The van der Waals surface area contributed by atoms with Gasteiger partial charge in [0.1, 0.15) is 5.25 Å². The Morgan fingerprint density at radius 1 is 0.722 bits per heavy atom. The number of hydrogen-bond donors (Lipinski definition) is 1. The summed E-state index contributed by atoms with van der Waals surface area (Å²) in [5.41, 5.74) is 13.5. The van der Waals surface area contributed by atoms with E-state index >= 15 is 0 Å². The first kappa shape index (κ1) is 29.4. The lowest BCUT2D eigenvalue weighted by Gasteiger charge is -2.26. The molecule has 0 spiro atoms. The molecule has 5 heteroatoms. The topological polar surface area (TPSA) is 56.0 Å². The van der Waals surface area contributed by atoms with E-state index in [1.54, 1.807) is 12.1 Å². The second-order valence-electron chi connectivity index (χ2n) is 9.39. The summed E-state index contributed by atoms with van der Waals surface area (Å²) < 4.78 is 0.834. The molecule has 0 saturated carbocycles. The first-order valence-electron chi connectivity index (χ1n) is 12.7. The van der Waals surface area contributed by atoms with Gasteiger partial charge in [0.25, 0.3) is 5.03 Å². The summed E-state index contributed by atoms with van der Waals surface area (Å²) in [6.07, 6.45) is 1.48. The predicted octanol–water partition coefficient (Wildman–Crippen LogP) is 7.90. The summed E-state index contributed by atoms with van der Waals surface area (Å²) in [7, 11) is 0. The van der Waals surface area contributed by atoms with Gasteiger partial charge < -0.3 is 10.5 Å².